The Hall–Kier alpha value is -2.14. The first-order valence-electron chi connectivity index (χ1n) is 9.33. The van der Waals surface area contributed by atoms with Crippen LogP contribution in [0.15, 0.2) is 34.9 Å². The zero-order chi connectivity index (χ0) is 18.4. The first-order valence-corrected chi connectivity index (χ1v) is 9.33. The highest BCUT2D eigenvalue weighted by Crippen LogP contribution is 2.43. The normalized spacial score (nSPS) is 22.2. The minimum absolute atomic E-state index is 0.0657. The first-order chi connectivity index (χ1) is 12.4. The van der Waals surface area contributed by atoms with Gasteiger partial charge in [-0.15, -0.1) is 0 Å². The zero-order valence-electron chi connectivity index (χ0n) is 15.7. The van der Waals surface area contributed by atoms with Gasteiger partial charge in [0.05, 0.1) is 19.3 Å². The number of rotatable bonds is 3. The van der Waals surface area contributed by atoms with Crippen LogP contribution in [0.2, 0.25) is 0 Å². The summed E-state index contributed by atoms with van der Waals surface area (Å²) in [5.74, 6) is 1.64. The van der Waals surface area contributed by atoms with E-state index in [-0.39, 0.29) is 16.9 Å². The molecule has 1 aromatic heterocycles. The second-order valence-electron chi connectivity index (χ2n) is 8.37. The van der Waals surface area contributed by atoms with Gasteiger partial charge in [0.1, 0.15) is 11.4 Å². The van der Waals surface area contributed by atoms with E-state index in [1.807, 2.05) is 11.0 Å². The molecule has 0 saturated carbocycles. The molecular weight excluding hydrogens is 328 g/mol. The SMILES string of the molecule is CC(C)(C)c1cnc(CCC(=O)N2CCC3(C2)OCc2ccccc23)o1. The molecule has 1 amide bonds. The quantitative estimate of drug-likeness (QED) is 0.846. The Balaban J connectivity index is 1.38. The average molecular weight is 354 g/mol. The van der Waals surface area contributed by atoms with Crippen molar-refractivity contribution >= 4 is 5.91 Å². The molecule has 1 fully saturated rings. The van der Waals surface area contributed by atoms with Gasteiger partial charge in [0.2, 0.25) is 5.91 Å². The van der Waals surface area contributed by atoms with Crippen molar-refractivity contribution in [3.8, 4) is 0 Å². The number of aromatic nitrogens is 1. The predicted molar refractivity (Wildman–Crippen MR) is 97.6 cm³/mol. The molecule has 0 N–H and O–H groups in total. The second-order valence-corrected chi connectivity index (χ2v) is 8.37. The maximum absolute atomic E-state index is 12.7. The molecule has 2 aliphatic heterocycles. The number of carbonyl (C=O) groups is 1. The number of nitrogens with zero attached hydrogens (tertiary/aromatic N) is 2. The topological polar surface area (TPSA) is 55.6 Å². The molecule has 0 bridgehead atoms. The van der Waals surface area contributed by atoms with Gasteiger partial charge in [-0.3, -0.25) is 4.79 Å². The molecule has 2 aromatic rings. The summed E-state index contributed by atoms with van der Waals surface area (Å²) >= 11 is 0. The Morgan fingerprint density at radius 2 is 2.12 bits per heavy atom. The fourth-order valence-corrected chi connectivity index (χ4v) is 3.86. The Kier molecular flexibility index (Phi) is 4.14. The van der Waals surface area contributed by atoms with Crippen molar-refractivity contribution in [1.82, 2.24) is 9.88 Å². The van der Waals surface area contributed by atoms with Crippen LogP contribution < -0.4 is 0 Å². The van der Waals surface area contributed by atoms with E-state index in [0.29, 0.717) is 31.9 Å². The number of hydrogen-bond donors (Lipinski definition) is 0. The number of fused-ring (bicyclic) bond motifs is 2. The first kappa shape index (κ1) is 17.3. The zero-order valence-corrected chi connectivity index (χ0v) is 15.7. The van der Waals surface area contributed by atoms with Crippen molar-refractivity contribution < 1.29 is 13.9 Å². The number of likely N-dealkylation sites (tertiary alicyclic amines) is 1. The Morgan fingerprint density at radius 3 is 2.88 bits per heavy atom. The predicted octanol–water partition coefficient (Wildman–Crippen LogP) is 3.56. The number of aryl methyl sites for hydroxylation is 1. The second kappa shape index (κ2) is 6.23. The fraction of sp³-hybridized carbons (Fsp3) is 0.524. The number of hydrogen-bond acceptors (Lipinski definition) is 4. The molecule has 1 aromatic carbocycles. The van der Waals surface area contributed by atoms with E-state index < -0.39 is 0 Å². The molecule has 3 heterocycles. The van der Waals surface area contributed by atoms with E-state index in [1.54, 1.807) is 6.20 Å². The standard InChI is InChI=1S/C21H26N2O3/c1-20(2,3)17-12-22-18(26-17)8-9-19(24)23-11-10-21(14-23)16-7-5-4-6-15(16)13-25-21/h4-7,12H,8-11,13-14H2,1-3H3. The van der Waals surface area contributed by atoms with Crippen LogP contribution >= 0.6 is 0 Å². The smallest absolute Gasteiger partial charge is 0.223 e. The van der Waals surface area contributed by atoms with Crippen LogP contribution in [0.4, 0.5) is 0 Å². The van der Waals surface area contributed by atoms with Crippen LogP contribution in [0.25, 0.3) is 0 Å². The van der Waals surface area contributed by atoms with Crippen molar-refractivity contribution in [2.24, 2.45) is 0 Å². The number of amides is 1. The number of carbonyl (C=O) groups excluding carboxylic acids is 1. The third kappa shape index (κ3) is 3.05. The van der Waals surface area contributed by atoms with Crippen molar-refractivity contribution in [3.63, 3.8) is 0 Å². The third-order valence-corrected chi connectivity index (χ3v) is 5.44. The fourth-order valence-electron chi connectivity index (χ4n) is 3.86. The third-order valence-electron chi connectivity index (χ3n) is 5.44. The maximum atomic E-state index is 12.7. The van der Waals surface area contributed by atoms with Gasteiger partial charge in [0.25, 0.3) is 0 Å². The molecule has 0 radical (unpaired) electrons. The summed E-state index contributed by atoms with van der Waals surface area (Å²) in [5.41, 5.74) is 2.12. The lowest BCUT2D eigenvalue weighted by atomic mass is 9.92. The summed E-state index contributed by atoms with van der Waals surface area (Å²) in [6.45, 7) is 8.29. The van der Waals surface area contributed by atoms with Gasteiger partial charge in [-0.25, -0.2) is 4.98 Å². The van der Waals surface area contributed by atoms with Gasteiger partial charge in [-0.05, 0) is 17.5 Å². The van der Waals surface area contributed by atoms with E-state index in [2.05, 4.69) is 44.0 Å². The molecule has 1 atom stereocenters. The molecule has 4 rings (SSSR count). The lowest BCUT2D eigenvalue weighted by Gasteiger charge is -2.24. The molecular formula is C21H26N2O3. The monoisotopic (exact) mass is 354 g/mol. The van der Waals surface area contributed by atoms with Gasteiger partial charge in [-0.2, -0.15) is 0 Å². The van der Waals surface area contributed by atoms with Crippen molar-refractivity contribution in [3.05, 3.63) is 53.2 Å². The van der Waals surface area contributed by atoms with Crippen molar-refractivity contribution in [2.75, 3.05) is 13.1 Å². The van der Waals surface area contributed by atoms with Crippen LogP contribution in [0.3, 0.4) is 0 Å². The van der Waals surface area contributed by atoms with E-state index in [0.717, 1.165) is 18.7 Å². The number of oxazole rings is 1. The van der Waals surface area contributed by atoms with E-state index in [1.165, 1.54) is 11.1 Å². The lowest BCUT2D eigenvalue weighted by molar-refractivity contribution is -0.131. The molecule has 5 heteroatoms. The molecule has 26 heavy (non-hydrogen) atoms. The molecule has 0 aliphatic carbocycles. The maximum Gasteiger partial charge on any atom is 0.223 e. The molecule has 138 valence electrons. The van der Waals surface area contributed by atoms with E-state index in [9.17, 15) is 4.79 Å². The Bertz CT molecular complexity index is 821. The number of ether oxygens (including phenoxy) is 1. The largest absolute Gasteiger partial charge is 0.445 e. The average Bonchev–Trinajstić information content (AvgIpc) is 3.33. The molecule has 1 spiro atoms. The molecule has 1 unspecified atom stereocenters. The summed E-state index contributed by atoms with van der Waals surface area (Å²) in [7, 11) is 0. The highest BCUT2D eigenvalue weighted by Gasteiger charge is 2.46. The molecule has 1 saturated heterocycles. The Morgan fingerprint density at radius 1 is 1.31 bits per heavy atom. The van der Waals surface area contributed by atoms with Crippen LogP contribution in [0, 0.1) is 0 Å². The highest BCUT2D eigenvalue weighted by atomic mass is 16.5. The van der Waals surface area contributed by atoms with Gasteiger partial charge < -0.3 is 14.1 Å². The van der Waals surface area contributed by atoms with Gasteiger partial charge in [-0.1, -0.05) is 45.0 Å². The number of benzene rings is 1. The van der Waals surface area contributed by atoms with Crippen LogP contribution in [-0.4, -0.2) is 28.9 Å². The minimum atomic E-state index is -0.311. The van der Waals surface area contributed by atoms with Gasteiger partial charge in [0, 0.05) is 24.8 Å². The summed E-state index contributed by atoms with van der Waals surface area (Å²) < 4.78 is 11.9. The van der Waals surface area contributed by atoms with Gasteiger partial charge in [0.15, 0.2) is 5.89 Å². The molecule has 2 aliphatic rings. The summed E-state index contributed by atoms with van der Waals surface area (Å²) in [6.07, 6.45) is 3.59. The summed E-state index contributed by atoms with van der Waals surface area (Å²) in [5, 5.41) is 0. The Labute approximate surface area is 154 Å². The van der Waals surface area contributed by atoms with Crippen LogP contribution in [0.1, 0.15) is 56.4 Å². The van der Waals surface area contributed by atoms with E-state index >= 15 is 0 Å². The highest BCUT2D eigenvalue weighted by molar-refractivity contribution is 5.77. The summed E-state index contributed by atoms with van der Waals surface area (Å²) in [4.78, 5) is 18.9. The van der Waals surface area contributed by atoms with Crippen LogP contribution in [0.5, 0.6) is 0 Å². The van der Waals surface area contributed by atoms with Crippen molar-refractivity contribution in [2.45, 2.75) is 57.7 Å². The summed E-state index contributed by atoms with van der Waals surface area (Å²) in [6, 6.07) is 8.34. The molecule has 5 nitrogen and oxygen atoms in total. The lowest BCUT2D eigenvalue weighted by Crippen LogP contribution is -2.34. The van der Waals surface area contributed by atoms with Crippen molar-refractivity contribution in [1.29, 1.82) is 0 Å². The van der Waals surface area contributed by atoms with Crippen LogP contribution in [-0.2, 0) is 33.6 Å². The van der Waals surface area contributed by atoms with Gasteiger partial charge >= 0.3 is 0 Å². The van der Waals surface area contributed by atoms with E-state index in [4.69, 9.17) is 9.15 Å². The minimum Gasteiger partial charge on any atom is -0.445 e.